The molecule has 1 N–H and O–H groups in total. The molecule has 0 saturated carbocycles. The standard InChI is InChI=1S/C23H25NO5/c1-4-28-23(26)17(12-16-8-6-5-7-9-16)14-24-22(25)21-15(2)29-20-11-10-18(27-3)13-19(20)21/h5-11,13,17H,4,12,14H2,1-3H3,(H,24,25)/t17-/m1/s1. The number of ether oxygens (including phenoxy) is 2. The average molecular weight is 395 g/mol. The van der Waals surface area contributed by atoms with E-state index in [1.165, 1.54) is 0 Å². The number of esters is 1. The van der Waals surface area contributed by atoms with Crippen molar-refractivity contribution >= 4 is 22.8 Å². The maximum atomic E-state index is 12.9. The van der Waals surface area contributed by atoms with Gasteiger partial charge in [0, 0.05) is 11.9 Å². The summed E-state index contributed by atoms with van der Waals surface area (Å²) in [6.07, 6.45) is 0.485. The number of amides is 1. The van der Waals surface area contributed by atoms with Crippen LogP contribution in [0.5, 0.6) is 5.75 Å². The largest absolute Gasteiger partial charge is 0.497 e. The fraction of sp³-hybridized carbons (Fsp3) is 0.304. The molecule has 0 spiro atoms. The van der Waals surface area contributed by atoms with Gasteiger partial charge < -0.3 is 19.2 Å². The lowest BCUT2D eigenvalue weighted by Gasteiger charge is -2.16. The molecule has 1 heterocycles. The van der Waals surface area contributed by atoms with Crippen LogP contribution in [0.15, 0.2) is 52.9 Å². The van der Waals surface area contributed by atoms with Crippen LogP contribution in [-0.4, -0.2) is 32.1 Å². The number of furan rings is 1. The van der Waals surface area contributed by atoms with Gasteiger partial charge >= 0.3 is 5.97 Å². The van der Waals surface area contributed by atoms with Gasteiger partial charge in [0.25, 0.3) is 5.91 Å². The number of carbonyl (C=O) groups is 2. The number of rotatable bonds is 8. The molecule has 2 aromatic carbocycles. The van der Waals surface area contributed by atoms with E-state index in [1.807, 2.05) is 30.3 Å². The Balaban J connectivity index is 1.78. The maximum Gasteiger partial charge on any atom is 0.311 e. The fourth-order valence-corrected chi connectivity index (χ4v) is 3.31. The number of hydrogen-bond acceptors (Lipinski definition) is 5. The molecule has 0 radical (unpaired) electrons. The lowest BCUT2D eigenvalue weighted by molar-refractivity contribution is -0.147. The number of methoxy groups -OCH3 is 1. The second-order valence-electron chi connectivity index (χ2n) is 6.74. The van der Waals surface area contributed by atoms with Crippen LogP contribution in [0.2, 0.25) is 0 Å². The molecule has 3 rings (SSSR count). The van der Waals surface area contributed by atoms with Gasteiger partial charge in [-0.15, -0.1) is 0 Å². The van der Waals surface area contributed by atoms with Gasteiger partial charge in [-0.05, 0) is 44.0 Å². The second kappa shape index (κ2) is 9.28. The van der Waals surface area contributed by atoms with Gasteiger partial charge in [-0.2, -0.15) is 0 Å². The van der Waals surface area contributed by atoms with E-state index in [9.17, 15) is 9.59 Å². The van der Waals surface area contributed by atoms with E-state index in [-0.39, 0.29) is 18.4 Å². The Kier molecular flexibility index (Phi) is 6.54. The van der Waals surface area contributed by atoms with Crippen LogP contribution < -0.4 is 10.1 Å². The zero-order valence-electron chi connectivity index (χ0n) is 16.9. The SMILES string of the molecule is CCOC(=O)[C@@H](CNC(=O)c1c(C)oc2ccc(OC)cc12)Cc1ccccc1. The highest BCUT2D eigenvalue weighted by Crippen LogP contribution is 2.29. The Hall–Kier alpha value is -3.28. The van der Waals surface area contributed by atoms with E-state index in [2.05, 4.69) is 5.32 Å². The molecule has 3 aromatic rings. The molecule has 0 aliphatic carbocycles. The molecule has 1 aromatic heterocycles. The van der Waals surface area contributed by atoms with Crippen LogP contribution in [0.1, 0.15) is 28.6 Å². The molecule has 6 nitrogen and oxygen atoms in total. The predicted molar refractivity (Wildman–Crippen MR) is 110 cm³/mol. The highest BCUT2D eigenvalue weighted by atomic mass is 16.5. The van der Waals surface area contributed by atoms with Gasteiger partial charge in [0.1, 0.15) is 17.1 Å². The van der Waals surface area contributed by atoms with Crippen LogP contribution in [0.3, 0.4) is 0 Å². The van der Waals surface area contributed by atoms with Crippen molar-refractivity contribution in [2.45, 2.75) is 20.3 Å². The van der Waals surface area contributed by atoms with Crippen molar-refractivity contribution in [2.75, 3.05) is 20.3 Å². The van der Waals surface area contributed by atoms with Gasteiger partial charge in [0.05, 0.1) is 25.2 Å². The smallest absolute Gasteiger partial charge is 0.311 e. The number of hydrogen-bond donors (Lipinski definition) is 1. The van der Waals surface area contributed by atoms with Crippen molar-refractivity contribution in [3.05, 3.63) is 65.4 Å². The zero-order valence-corrected chi connectivity index (χ0v) is 16.9. The minimum absolute atomic E-state index is 0.169. The zero-order chi connectivity index (χ0) is 20.8. The van der Waals surface area contributed by atoms with Crippen LogP contribution in [0.4, 0.5) is 0 Å². The monoisotopic (exact) mass is 395 g/mol. The lowest BCUT2D eigenvalue weighted by atomic mass is 9.99. The molecule has 6 heteroatoms. The fourth-order valence-electron chi connectivity index (χ4n) is 3.31. The first kappa shape index (κ1) is 20.5. The summed E-state index contributed by atoms with van der Waals surface area (Å²) < 4.78 is 16.2. The van der Waals surface area contributed by atoms with E-state index in [4.69, 9.17) is 13.9 Å². The van der Waals surface area contributed by atoms with E-state index in [0.29, 0.717) is 41.1 Å². The minimum atomic E-state index is -0.477. The van der Waals surface area contributed by atoms with Gasteiger partial charge in [-0.25, -0.2) is 0 Å². The molecule has 0 fully saturated rings. The Labute approximate surface area is 169 Å². The second-order valence-corrected chi connectivity index (χ2v) is 6.74. The van der Waals surface area contributed by atoms with E-state index in [1.54, 1.807) is 39.2 Å². The molecule has 0 saturated heterocycles. The lowest BCUT2D eigenvalue weighted by Crippen LogP contribution is -2.35. The molecule has 0 bridgehead atoms. The van der Waals surface area contributed by atoms with Crippen molar-refractivity contribution in [1.29, 1.82) is 0 Å². The summed E-state index contributed by atoms with van der Waals surface area (Å²) in [5.41, 5.74) is 2.07. The van der Waals surface area contributed by atoms with Crippen molar-refractivity contribution < 1.29 is 23.5 Å². The van der Waals surface area contributed by atoms with Gasteiger partial charge in [0.2, 0.25) is 0 Å². The number of benzene rings is 2. The first-order valence-electron chi connectivity index (χ1n) is 9.59. The first-order chi connectivity index (χ1) is 14.0. The summed E-state index contributed by atoms with van der Waals surface area (Å²) in [6.45, 7) is 3.98. The van der Waals surface area contributed by atoms with Crippen molar-refractivity contribution in [1.82, 2.24) is 5.32 Å². The third-order valence-corrected chi connectivity index (χ3v) is 4.75. The van der Waals surface area contributed by atoms with Crippen LogP contribution >= 0.6 is 0 Å². The summed E-state index contributed by atoms with van der Waals surface area (Å²) in [5, 5.41) is 3.55. The summed E-state index contributed by atoms with van der Waals surface area (Å²) in [4.78, 5) is 25.3. The van der Waals surface area contributed by atoms with Crippen molar-refractivity contribution in [2.24, 2.45) is 5.92 Å². The Morgan fingerprint density at radius 3 is 2.59 bits per heavy atom. The highest BCUT2D eigenvalue weighted by molar-refractivity contribution is 6.07. The summed E-state index contributed by atoms with van der Waals surface area (Å²) >= 11 is 0. The van der Waals surface area contributed by atoms with Gasteiger partial charge in [-0.3, -0.25) is 9.59 Å². The number of aryl methyl sites for hydroxylation is 1. The van der Waals surface area contributed by atoms with E-state index >= 15 is 0 Å². The quantitative estimate of drug-likeness (QED) is 0.585. The minimum Gasteiger partial charge on any atom is -0.497 e. The normalized spacial score (nSPS) is 11.8. The predicted octanol–water partition coefficient (Wildman–Crippen LogP) is 3.90. The summed E-state index contributed by atoms with van der Waals surface area (Å²) in [5.74, 6) is 0.0561. The Bertz CT molecular complexity index is 993. The topological polar surface area (TPSA) is 77.8 Å². The van der Waals surface area contributed by atoms with Crippen LogP contribution in [0, 0.1) is 12.8 Å². The third kappa shape index (κ3) is 4.77. The molecule has 0 aliphatic heterocycles. The average Bonchev–Trinajstić information content (AvgIpc) is 3.06. The van der Waals surface area contributed by atoms with Crippen molar-refractivity contribution in [3.8, 4) is 5.75 Å². The van der Waals surface area contributed by atoms with E-state index < -0.39 is 5.92 Å². The molecular formula is C23H25NO5. The maximum absolute atomic E-state index is 12.9. The molecule has 0 unspecified atom stereocenters. The van der Waals surface area contributed by atoms with Crippen LogP contribution in [-0.2, 0) is 16.0 Å². The van der Waals surface area contributed by atoms with E-state index in [0.717, 1.165) is 5.56 Å². The number of carbonyl (C=O) groups excluding carboxylic acids is 2. The van der Waals surface area contributed by atoms with Gasteiger partial charge in [-0.1, -0.05) is 30.3 Å². The third-order valence-electron chi connectivity index (χ3n) is 4.75. The first-order valence-corrected chi connectivity index (χ1v) is 9.59. The summed E-state index contributed by atoms with van der Waals surface area (Å²) in [7, 11) is 1.57. The van der Waals surface area contributed by atoms with Crippen LogP contribution in [0.25, 0.3) is 11.0 Å². The molecule has 29 heavy (non-hydrogen) atoms. The molecule has 1 atom stereocenters. The number of fused-ring (bicyclic) bond motifs is 1. The molecule has 152 valence electrons. The number of nitrogens with one attached hydrogen (secondary N) is 1. The molecular weight excluding hydrogens is 370 g/mol. The highest BCUT2D eigenvalue weighted by Gasteiger charge is 2.24. The Morgan fingerprint density at radius 1 is 1.14 bits per heavy atom. The summed E-state index contributed by atoms with van der Waals surface area (Å²) in [6, 6.07) is 15.0. The molecule has 1 amide bonds. The Morgan fingerprint density at radius 2 is 1.90 bits per heavy atom. The van der Waals surface area contributed by atoms with Gasteiger partial charge in [0.15, 0.2) is 0 Å². The van der Waals surface area contributed by atoms with Crippen molar-refractivity contribution in [3.63, 3.8) is 0 Å². The molecule has 0 aliphatic rings.